The van der Waals surface area contributed by atoms with Crippen LogP contribution in [0.3, 0.4) is 0 Å². The normalized spacial score (nSPS) is 11.5. The van der Waals surface area contributed by atoms with Crippen molar-refractivity contribution in [2.75, 3.05) is 11.1 Å². The molecule has 9 heteroatoms. The van der Waals surface area contributed by atoms with Crippen molar-refractivity contribution in [3.8, 4) is 11.3 Å². The molecule has 146 valence electrons. The Hall–Kier alpha value is -3.64. The van der Waals surface area contributed by atoms with Crippen LogP contribution in [0.5, 0.6) is 0 Å². The van der Waals surface area contributed by atoms with Crippen LogP contribution in [0.15, 0.2) is 48.9 Å². The van der Waals surface area contributed by atoms with Crippen LogP contribution in [0.2, 0.25) is 0 Å². The van der Waals surface area contributed by atoms with E-state index in [1.807, 2.05) is 54.8 Å². The summed E-state index contributed by atoms with van der Waals surface area (Å²) in [7, 11) is 0. The highest BCUT2D eigenvalue weighted by Gasteiger charge is 2.19. The number of nitrogens with zero attached hydrogens (tertiary/aromatic N) is 6. The van der Waals surface area contributed by atoms with E-state index < -0.39 is 0 Å². The number of rotatable bonds is 4. The number of hydrogen-bond acceptors (Lipinski definition) is 6. The zero-order valence-corrected chi connectivity index (χ0v) is 17.0. The average molecular weight is 405 g/mol. The topological polar surface area (TPSA) is 98.4 Å². The number of aromatic nitrogens is 5. The lowest BCUT2D eigenvalue weighted by atomic mass is 10.0. The molecule has 8 nitrogen and oxygen atoms in total. The first kappa shape index (κ1) is 20.1. The molecule has 0 aliphatic heterocycles. The van der Waals surface area contributed by atoms with Gasteiger partial charge in [0.1, 0.15) is 18.0 Å². The molecular formula is C20H20N8S. The number of benzene rings is 1. The van der Waals surface area contributed by atoms with Crippen LogP contribution >= 0.6 is 13.5 Å². The van der Waals surface area contributed by atoms with Gasteiger partial charge in [0.25, 0.3) is 5.69 Å². The molecule has 0 saturated carbocycles. The Balaban J connectivity index is 0.00000240. The molecule has 4 aromatic rings. The number of anilines is 2. The van der Waals surface area contributed by atoms with E-state index in [1.54, 1.807) is 6.20 Å². The second-order valence-electron chi connectivity index (χ2n) is 6.42. The van der Waals surface area contributed by atoms with Crippen LogP contribution in [0.1, 0.15) is 24.2 Å². The Labute approximate surface area is 175 Å². The molecule has 1 aromatic carbocycles. The van der Waals surface area contributed by atoms with Crippen LogP contribution in [0.25, 0.3) is 21.7 Å². The lowest BCUT2D eigenvalue weighted by molar-refractivity contribution is 0.832. The van der Waals surface area contributed by atoms with Gasteiger partial charge >= 0.3 is 0 Å². The van der Waals surface area contributed by atoms with Gasteiger partial charge in [-0.15, -0.1) is 0 Å². The van der Waals surface area contributed by atoms with Gasteiger partial charge in [0, 0.05) is 11.1 Å². The van der Waals surface area contributed by atoms with Crippen LogP contribution < -0.4 is 11.1 Å². The van der Waals surface area contributed by atoms with E-state index in [1.165, 1.54) is 6.33 Å². The van der Waals surface area contributed by atoms with Gasteiger partial charge in [-0.3, -0.25) is 0 Å². The van der Waals surface area contributed by atoms with Crippen LogP contribution in [0, 0.1) is 13.5 Å². The zero-order chi connectivity index (χ0) is 19.7. The van der Waals surface area contributed by atoms with Crippen LogP contribution in [0.4, 0.5) is 17.3 Å². The third-order valence-corrected chi connectivity index (χ3v) is 4.52. The molecule has 0 aliphatic rings. The van der Waals surface area contributed by atoms with Gasteiger partial charge in [-0.05, 0) is 19.9 Å². The third kappa shape index (κ3) is 3.70. The second kappa shape index (κ2) is 8.16. The maximum Gasteiger partial charge on any atom is 0.268 e. The predicted octanol–water partition coefficient (Wildman–Crippen LogP) is 3.91. The van der Waals surface area contributed by atoms with Gasteiger partial charge in [0.05, 0.1) is 30.2 Å². The minimum absolute atomic E-state index is 0. The average Bonchev–Trinajstić information content (AvgIpc) is 3.08. The van der Waals surface area contributed by atoms with E-state index in [0.29, 0.717) is 5.82 Å². The van der Waals surface area contributed by atoms with E-state index in [0.717, 1.165) is 28.2 Å². The number of hydrogen-bond donors (Lipinski definition) is 2. The molecule has 0 bridgehead atoms. The van der Waals surface area contributed by atoms with Crippen LogP contribution in [-0.4, -0.2) is 24.6 Å². The van der Waals surface area contributed by atoms with Crippen molar-refractivity contribution in [1.29, 1.82) is 0 Å². The van der Waals surface area contributed by atoms with Crippen molar-refractivity contribution >= 4 is 36.5 Å². The monoisotopic (exact) mass is 404 g/mol. The maximum atomic E-state index is 7.36. The lowest BCUT2D eigenvalue weighted by Gasteiger charge is -2.19. The molecule has 0 spiro atoms. The molecule has 1 atom stereocenters. The molecule has 3 N–H and O–H groups in total. The Morgan fingerprint density at radius 2 is 1.93 bits per heavy atom. The fourth-order valence-corrected chi connectivity index (χ4v) is 3.08. The summed E-state index contributed by atoms with van der Waals surface area (Å²) in [6.07, 6.45) is 3.14. The summed E-state index contributed by atoms with van der Waals surface area (Å²) in [6.45, 7) is 11.3. The number of nitrogens with two attached hydrogens (primary N) is 1. The summed E-state index contributed by atoms with van der Waals surface area (Å²) >= 11 is 0. The number of aryl methyl sites for hydroxylation is 1. The number of nitrogens with one attached hydrogen (secondary N) is 1. The molecule has 0 amide bonds. The Bertz CT molecular complexity index is 1200. The van der Waals surface area contributed by atoms with E-state index in [-0.39, 0.29) is 31.0 Å². The molecule has 0 unspecified atom stereocenters. The second-order valence-corrected chi connectivity index (χ2v) is 6.42. The van der Waals surface area contributed by atoms with Crippen molar-refractivity contribution in [1.82, 2.24) is 24.6 Å². The highest BCUT2D eigenvalue weighted by molar-refractivity contribution is 7.59. The SMILES string of the molecule is S.[C-]#[N+]c1c(N)ncnc1N[C@@H](C)c1cc2ncc(C)n2nc1-c1ccccc1. The van der Waals surface area contributed by atoms with E-state index >= 15 is 0 Å². The molecule has 3 aromatic heterocycles. The van der Waals surface area contributed by atoms with Gasteiger partial charge in [-0.2, -0.15) is 18.6 Å². The summed E-state index contributed by atoms with van der Waals surface area (Å²) in [5.41, 5.74) is 10.5. The highest BCUT2D eigenvalue weighted by atomic mass is 32.1. The van der Waals surface area contributed by atoms with Crippen molar-refractivity contribution in [2.45, 2.75) is 19.9 Å². The first-order valence-electron chi connectivity index (χ1n) is 8.73. The largest absolute Gasteiger partial charge is 0.392 e. The number of fused-ring (bicyclic) bond motifs is 1. The summed E-state index contributed by atoms with van der Waals surface area (Å²) in [6, 6.07) is 11.8. The summed E-state index contributed by atoms with van der Waals surface area (Å²) in [5.74, 6) is 0.550. The fourth-order valence-electron chi connectivity index (χ4n) is 3.08. The summed E-state index contributed by atoms with van der Waals surface area (Å²) in [5, 5.41) is 8.10. The number of imidazole rings is 1. The lowest BCUT2D eigenvalue weighted by Crippen LogP contribution is -2.12. The molecular weight excluding hydrogens is 384 g/mol. The smallest absolute Gasteiger partial charge is 0.268 e. The molecule has 4 rings (SSSR count). The van der Waals surface area contributed by atoms with Gasteiger partial charge in [0.15, 0.2) is 5.65 Å². The van der Waals surface area contributed by atoms with E-state index in [9.17, 15) is 0 Å². The molecule has 0 fully saturated rings. The fraction of sp³-hybridized carbons (Fsp3) is 0.150. The number of nitrogen functional groups attached to an aromatic ring is 1. The predicted molar refractivity (Wildman–Crippen MR) is 118 cm³/mol. The van der Waals surface area contributed by atoms with Gasteiger partial charge in [-0.25, -0.2) is 24.3 Å². The Morgan fingerprint density at radius 3 is 2.66 bits per heavy atom. The molecule has 0 radical (unpaired) electrons. The van der Waals surface area contributed by atoms with Crippen LogP contribution in [-0.2, 0) is 0 Å². The molecule has 0 aliphatic carbocycles. The summed E-state index contributed by atoms with van der Waals surface area (Å²) in [4.78, 5) is 16.0. The van der Waals surface area contributed by atoms with Gasteiger partial charge < -0.3 is 11.1 Å². The standard InChI is InChI=1S/C20H18N8.H2S/c1-12-10-23-16-9-15(17(27-28(12)16)14-7-5-4-6-8-14)13(2)26-20-18(22-3)19(21)24-11-25-20;/h4-11,13H,1-2H3,(H3,21,24,25,26);1H2/t13-;/m0./s1. The first-order chi connectivity index (χ1) is 13.6. The van der Waals surface area contributed by atoms with Crippen molar-refractivity contribution < 1.29 is 0 Å². The zero-order valence-electron chi connectivity index (χ0n) is 16.0. The molecule has 3 heterocycles. The van der Waals surface area contributed by atoms with E-state index in [2.05, 4.69) is 25.1 Å². The van der Waals surface area contributed by atoms with E-state index in [4.69, 9.17) is 17.4 Å². The van der Waals surface area contributed by atoms with Gasteiger partial charge in [0.2, 0.25) is 0 Å². The van der Waals surface area contributed by atoms with Crippen molar-refractivity contribution in [2.24, 2.45) is 0 Å². The maximum absolute atomic E-state index is 7.36. The summed E-state index contributed by atoms with van der Waals surface area (Å²) < 4.78 is 1.83. The highest BCUT2D eigenvalue weighted by Crippen LogP contribution is 2.33. The molecule has 0 saturated heterocycles. The van der Waals surface area contributed by atoms with Crippen molar-refractivity contribution in [3.05, 3.63) is 71.6 Å². The first-order valence-corrected chi connectivity index (χ1v) is 8.73. The van der Waals surface area contributed by atoms with Crippen molar-refractivity contribution in [3.63, 3.8) is 0 Å². The minimum Gasteiger partial charge on any atom is -0.392 e. The van der Waals surface area contributed by atoms with Gasteiger partial charge in [-0.1, -0.05) is 30.3 Å². The minimum atomic E-state index is -0.195. The Kier molecular flexibility index (Phi) is 5.66. The quantitative estimate of drug-likeness (QED) is 0.500. The third-order valence-electron chi connectivity index (χ3n) is 4.52. The molecule has 29 heavy (non-hydrogen) atoms. The Morgan fingerprint density at radius 1 is 1.17 bits per heavy atom.